The Balaban J connectivity index is 2.99. The number of ether oxygens (including phenoxy) is 1. The number of hydrogen-bond acceptors (Lipinski definition) is 3. The van der Waals surface area contributed by atoms with Gasteiger partial charge in [-0.25, -0.2) is 0 Å². The molecule has 0 aliphatic rings. The van der Waals surface area contributed by atoms with Crippen LogP contribution >= 0.6 is 15.9 Å². The number of nitrogens with two attached hydrogens (primary N) is 1. The highest BCUT2D eigenvalue weighted by Crippen LogP contribution is 2.18. The van der Waals surface area contributed by atoms with Gasteiger partial charge in [-0.3, -0.25) is 5.41 Å². The van der Waals surface area contributed by atoms with Gasteiger partial charge in [-0.1, -0.05) is 15.9 Å². The zero-order valence-corrected chi connectivity index (χ0v) is 8.89. The summed E-state index contributed by atoms with van der Waals surface area (Å²) in [4.78, 5) is 0. The van der Waals surface area contributed by atoms with Crippen molar-refractivity contribution >= 4 is 27.5 Å². The summed E-state index contributed by atoms with van der Waals surface area (Å²) in [5.74, 6) is 0.112. The Morgan fingerprint density at radius 3 is 2.92 bits per heavy atom. The van der Waals surface area contributed by atoms with E-state index in [-0.39, 0.29) is 5.90 Å². The monoisotopic (exact) mass is 242 g/mol. The largest absolute Gasteiger partial charge is 0.478 e. The summed E-state index contributed by atoms with van der Waals surface area (Å²) in [6.07, 6.45) is 0. The third kappa shape index (κ3) is 2.45. The average molecular weight is 243 g/mol. The number of benzene rings is 1. The van der Waals surface area contributed by atoms with E-state index in [1.807, 2.05) is 13.0 Å². The molecule has 0 bridgehead atoms. The van der Waals surface area contributed by atoms with Crippen molar-refractivity contribution in [1.29, 1.82) is 5.41 Å². The Morgan fingerprint density at radius 2 is 2.31 bits per heavy atom. The molecule has 3 nitrogen and oxygen atoms in total. The number of nitrogen functional groups attached to an aromatic ring is 1. The van der Waals surface area contributed by atoms with Crippen LogP contribution in [0.3, 0.4) is 0 Å². The van der Waals surface area contributed by atoms with Crippen LogP contribution in [-0.2, 0) is 4.74 Å². The maximum absolute atomic E-state index is 7.54. The maximum atomic E-state index is 7.54. The molecule has 4 heteroatoms. The first-order valence-electron chi connectivity index (χ1n) is 3.92. The van der Waals surface area contributed by atoms with Crippen LogP contribution < -0.4 is 5.73 Å². The van der Waals surface area contributed by atoms with E-state index in [0.29, 0.717) is 17.9 Å². The highest BCUT2D eigenvalue weighted by atomic mass is 79.9. The molecule has 0 heterocycles. The maximum Gasteiger partial charge on any atom is 0.215 e. The van der Waals surface area contributed by atoms with Gasteiger partial charge < -0.3 is 10.5 Å². The SMILES string of the molecule is CCOC(=N)c1cc(Br)ccc1N. The molecular formula is C9H11BrN2O. The van der Waals surface area contributed by atoms with Crippen molar-refractivity contribution in [3.63, 3.8) is 0 Å². The lowest BCUT2D eigenvalue weighted by Gasteiger charge is -2.07. The molecular weight excluding hydrogens is 232 g/mol. The molecule has 0 unspecified atom stereocenters. The molecule has 0 aromatic heterocycles. The van der Waals surface area contributed by atoms with E-state index >= 15 is 0 Å². The highest BCUT2D eigenvalue weighted by molar-refractivity contribution is 9.10. The van der Waals surface area contributed by atoms with Crippen molar-refractivity contribution in [2.75, 3.05) is 12.3 Å². The summed E-state index contributed by atoms with van der Waals surface area (Å²) < 4.78 is 5.94. The Morgan fingerprint density at radius 1 is 1.62 bits per heavy atom. The van der Waals surface area contributed by atoms with E-state index in [2.05, 4.69) is 15.9 Å². The Bertz CT molecular complexity index is 325. The molecule has 1 aromatic carbocycles. The first-order valence-corrected chi connectivity index (χ1v) is 4.71. The molecule has 0 saturated heterocycles. The molecule has 70 valence electrons. The van der Waals surface area contributed by atoms with Gasteiger partial charge in [-0.05, 0) is 25.1 Å². The fourth-order valence-electron chi connectivity index (χ4n) is 0.947. The van der Waals surface area contributed by atoms with Gasteiger partial charge in [0.25, 0.3) is 0 Å². The summed E-state index contributed by atoms with van der Waals surface area (Å²) in [7, 11) is 0. The predicted molar refractivity (Wildman–Crippen MR) is 57.0 cm³/mol. The van der Waals surface area contributed by atoms with Crippen LogP contribution in [0.4, 0.5) is 5.69 Å². The van der Waals surface area contributed by atoms with Crippen molar-refractivity contribution in [1.82, 2.24) is 0 Å². The second-order valence-corrected chi connectivity index (χ2v) is 3.41. The van der Waals surface area contributed by atoms with E-state index in [1.165, 1.54) is 0 Å². The fraction of sp³-hybridized carbons (Fsp3) is 0.222. The first-order chi connectivity index (χ1) is 6.15. The number of nitrogens with one attached hydrogen (secondary N) is 1. The third-order valence-electron chi connectivity index (χ3n) is 1.55. The quantitative estimate of drug-likeness (QED) is 0.476. The van der Waals surface area contributed by atoms with Crippen LogP contribution in [0, 0.1) is 5.41 Å². The standard InChI is InChI=1S/C9H11BrN2O/c1-2-13-9(12)7-5-6(10)3-4-8(7)11/h3-5,12H,2,11H2,1H3. The minimum absolute atomic E-state index is 0.112. The smallest absolute Gasteiger partial charge is 0.215 e. The summed E-state index contributed by atoms with van der Waals surface area (Å²) in [5.41, 5.74) is 6.86. The van der Waals surface area contributed by atoms with Gasteiger partial charge in [0.05, 0.1) is 12.2 Å². The minimum Gasteiger partial charge on any atom is -0.478 e. The van der Waals surface area contributed by atoms with Crippen molar-refractivity contribution in [2.24, 2.45) is 0 Å². The van der Waals surface area contributed by atoms with Gasteiger partial charge in [-0.2, -0.15) is 0 Å². The summed E-state index contributed by atoms with van der Waals surface area (Å²) >= 11 is 3.31. The van der Waals surface area contributed by atoms with E-state index in [1.54, 1.807) is 12.1 Å². The normalized spacial score (nSPS) is 9.69. The molecule has 0 amide bonds. The van der Waals surface area contributed by atoms with E-state index in [4.69, 9.17) is 15.9 Å². The molecule has 0 aliphatic heterocycles. The van der Waals surface area contributed by atoms with E-state index in [0.717, 1.165) is 4.47 Å². The molecule has 0 fully saturated rings. The lowest BCUT2D eigenvalue weighted by atomic mass is 10.2. The topological polar surface area (TPSA) is 59.1 Å². The molecule has 1 rings (SSSR count). The summed E-state index contributed by atoms with van der Waals surface area (Å²) in [6, 6.07) is 5.35. The lowest BCUT2D eigenvalue weighted by molar-refractivity contribution is 0.326. The zero-order valence-electron chi connectivity index (χ0n) is 7.30. The molecule has 0 spiro atoms. The first kappa shape index (κ1) is 10.1. The lowest BCUT2D eigenvalue weighted by Crippen LogP contribution is -2.07. The van der Waals surface area contributed by atoms with Gasteiger partial charge in [0.2, 0.25) is 5.90 Å². The van der Waals surface area contributed by atoms with Gasteiger partial charge in [0, 0.05) is 10.2 Å². The molecule has 0 saturated carbocycles. The average Bonchev–Trinajstić information content (AvgIpc) is 2.09. The molecule has 0 radical (unpaired) electrons. The second-order valence-electron chi connectivity index (χ2n) is 2.49. The Labute approximate surface area is 85.5 Å². The highest BCUT2D eigenvalue weighted by Gasteiger charge is 2.06. The summed E-state index contributed by atoms with van der Waals surface area (Å²) in [6.45, 7) is 2.31. The molecule has 1 aromatic rings. The number of rotatable bonds is 2. The van der Waals surface area contributed by atoms with Crippen molar-refractivity contribution < 1.29 is 4.74 Å². The zero-order chi connectivity index (χ0) is 9.84. The Hall–Kier alpha value is -1.03. The van der Waals surface area contributed by atoms with E-state index < -0.39 is 0 Å². The second kappa shape index (κ2) is 4.28. The predicted octanol–water partition coefficient (Wildman–Crippen LogP) is 2.39. The van der Waals surface area contributed by atoms with Crippen molar-refractivity contribution in [2.45, 2.75) is 6.92 Å². The third-order valence-corrected chi connectivity index (χ3v) is 2.04. The van der Waals surface area contributed by atoms with Crippen LogP contribution in [0.5, 0.6) is 0 Å². The molecule has 13 heavy (non-hydrogen) atoms. The molecule has 3 N–H and O–H groups in total. The van der Waals surface area contributed by atoms with E-state index in [9.17, 15) is 0 Å². The summed E-state index contributed by atoms with van der Waals surface area (Å²) in [5, 5.41) is 7.54. The van der Waals surface area contributed by atoms with Crippen LogP contribution in [0.15, 0.2) is 22.7 Å². The van der Waals surface area contributed by atoms with Gasteiger partial charge in [-0.15, -0.1) is 0 Å². The Kier molecular flexibility index (Phi) is 3.31. The minimum atomic E-state index is 0.112. The molecule has 0 aliphatic carbocycles. The van der Waals surface area contributed by atoms with Crippen molar-refractivity contribution in [3.8, 4) is 0 Å². The van der Waals surface area contributed by atoms with Crippen LogP contribution in [0.2, 0.25) is 0 Å². The van der Waals surface area contributed by atoms with Crippen LogP contribution in [0.25, 0.3) is 0 Å². The fourth-order valence-corrected chi connectivity index (χ4v) is 1.31. The van der Waals surface area contributed by atoms with Crippen LogP contribution in [0.1, 0.15) is 12.5 Å². The van der Waals surface area contributed by atoms with Gasteiger partial charge in [0.1, 0.15) is 0 Å². The number of anilines is 1. The number of halogens is 1. The van der Waals surface area contributed by atoms with Crippen molar-refractivity contribution in [3.05, 3.63) is 28.2 Å². The van der Waals surface area contributed by atoms with Crippen LogP contribution in [-0.4, -0.2) is 12.5 Å². The van der Waals surface area contributed by atoms with Gasteiger partial charge >= 0.3 is 0 Å². The molecule has 0 atom stereocenters. The van der Waals surface area contributed by atoms with Gasteiger partial charge in [0.15, 0.2) is 0 Å². The number of hydrogen-bond donors (Lipinski definition) is 2.